The molecule has 0 unspecified atom stereocenters. The molecule has 3 N–H and O–H groups in total. The van der Waals surface area contributed by atoms with E-state index in [2.05, 4.69) is 5.32 Å². The zero-order valence-electron chi connectivity index (χ0n) is 14.9. The maximum absolute atomic E-state index is 12.6. The molecule has 1 heterocycles. The minimum Gasteiger partial charge on any atom is -0.354 e. The molecule has 0 bridgehead atoms. The fraction of sp³-hybridized carbons (Fsp3) is 0.611. The van der Waals surface area contributed by atoms with Crippen LogP contribution in [0.3, 0.4) is 0 Å². The molecule has 2 aliphatic rings. The molecule has 0 aromatic heterocycles. The molecule has 146 valence electrons. The molecule has 26 heavy (non-hydrogen) atoms. The molecular weight excluding hydrogens is 374 g/mol. The van der Waals surface area contributed by atoms with Gasteiger partial charge in [-0.25, -0.2) is 8.42 Å². The molecule has 0 radical (unpaired) electrons. The quantitative estimate of drug-likeness (QED) is 0.788. The van der Waals surface area contributed by atoms with Crippen molar-refractivity contribution < 1.29 is 13.2 Å². The normalized spacial score (nSPS) is 21.1. The van der Waals surface area contributed by atoms with Gasteiger partial charge >= 0.3 is 0 Å². The third-order valence-corrected chi connectivity index (χ3v) is 7.37. The molecule has 0 spiro atoms. The predicted molar refractivity (Wildman–Crippen MR) is 104 cm³/mol. The highest BCUT2D eigenvalue weighted by molar-refractivity contribution is 7.89. The highest BCUT2D eigenvalue weighted by Crippen LogP contribution is 2.28. The van der Waals surface area contributed by atoms with Crippen LogP contribution in [0.5, 0.6) is 0 Å². The Morgan fingerprint density at radius 2 is 1.73 bits per heavy atom. The van der Waals surface area contributed by atoms with Gasteiger partial charge in [-0.15, -0.1) is 12.4 Å². The maximum atomic E-state index is 12.6. The topological polar surface area (TPSA) is 92.5 Å². The molecule has 2 fully saturated rings. The van der Waals surface area contributed by atoms with Crippen molar-refractivity contribution in [2.75, 3.05) is 19.6 Å². The molecule has 8 heteroatoms. The van der Waals surface area contributed by atoms with Crippen LogP contribution in [0, 0.1) is 5.92 Å². The Bertz CT molecular complexity index is 698. The summed E-state index contributed by atoms with van der Waals surface area (Å²) in [6.07, 6.45) is 5.05. The second kappa shape index (κ2) is 8.69. The lowest BCUT2D eigenvalue weighted by Crippen LogP contribution is -2.53. The first-order valence-electron chi connectivity index (χ1n) is 9.04. The average Bonchev–Trinajstić information content (AvgIpc) is 3.09. The van der Waals surface area contributed by atoms with Gasteiger partial charge in [-0.2, -0.15) is 4.31 Å². The SMILES string of the molecule is Cl.NC1(C(=O)NCC2CCN(S(=O)(=O)c3ccccc3)CC2)CCCC1. The molecule has 0 atom stereocenters. The van der Waals surface area contributed by atoms with Crippen molar-refractivity contribution >= 4 is 28.3 Å². The molecule has 1 amide bonds. The van der Waals surface area contributed by atoms with Crippen LogP contribution in [-0.4, -0.2) is 43.8 Å². The lowest BCUT2D eigenvalue weighted by molar-refractivity contribution is -0.126. The molecule has 1 aromatic carbocycles. The highest BCUT2D eigenvalue weighted by atomic mass is 35.5. The van der Waals surface area contributed by atoms with Crippen molar-refractivity contribution in [2.45, 2.75) is 49.0 Å². The van der Waals surface area contributed by atoms with E-state index in [9.17, 15) is 13.2 Å². The van der Waals surface area contributed by atoms with Crippen LogP contribution in [-0.2, 0) is 14.8 Å². The first kappa shape index (κ1) is 21.2. The van der Waals surface area contributed by atoms with Gasteiger partial charge in [0.2, 0.25) is 15.9 Å². The van der Waals surface area contributed by atoms with Crippen LogP contribution >= 0.6 is 12.4 Å². The summed E-state index contributed by atoms with van der Waals surface area (Å²) in [5.41, 5.74) is 5.47. The molecule has 1 aliphatic carbocycles. The highest BCUT2D eigenvalue weighted by Gasteiger charge is 2.37. The van der Waals surface area contributed by atoms with Crippen LogP contribution in [0.4, 0.5) is 0 Å². The fourth-order valence-corrected chi connectivity index (χ4v) is 5.23. The van der Waals surface area contributed by atoms with Gasteiger partial charge in [0.1, 0.15) is 0 Å². The molecule has 3 rings (SSSR count). The lowest BCUT2D eigenvalue weighted by atomic mass is 9.95. The number of amides is 1. The van der Waals surface area contributed by atoms with Crippen molar-refractivity contribution in [2.24, 2.45) is 11.7 Å². The number of sulfonamides is 1. The van der Waals surface area contributed by atoms with Crippen molar-refractivity contribution in [1.82, 2.24) is 9.62 Å². The standard InChI is InChI=1S/C18H27N3O3S.ClH/c19-18(10-4-5-11-18)17(22)20-14-15-8-12-21(13-9-15)25(23,24)16-6-2-1-3-7-16;/h1-3,6-7,15H,4-5,8-14,19H2,(H,20,22);1H. The Morgan fingerprint density at radius 3 is 2.31 bits per heavy atom. The van der Waals surface area contributed by atoms with Gasteiger partial charge in [0, 0.05) is 19.6 Å². The Kier molecular flexibility index (Phi) is 7.07. The average molecular weight is 402 g/mol. The molecule has 1 saturated heterocycles. The minimum absolute atomic E-state index is 0. The van der Waals surface area contributed by atoms with Gasteiger partial charge in [-0.3, -0.25) is 4.79 Å². The second-order valence-electron chi connectivity index (χ2n) is 7.23. The number of halogens is 1. The molecule has 1 aromatic rings. The zero-order valence-corrected chi connectivity index (χ0v) is 16.5. The van der Waals surface area contributed by atoms with E-state index in [0.717, 1.165) is 38.5 Å². The minimum atomic E-state index is -3.41. The summed E-state index contributed by atoms with van der Waals surface area (Å²) in [4.78, 5) is 12.6. The van der Waals surface area contributed by atoms with E-state index in [1.807, 2.05) is 6.07 Å². The molecule has 6 nitrogen and oxygen atoms in total. The number of nitrogens with zero attached hydrogens (tertiary/aromatic N) is 1. The Labute approximate surface area is 162 Å². The summed E-state index contributed by atoms with van der Waals surface area (Å²) in [5.74, 6) is 0.250. The summed E-state index contributed by atoms with van der Waals surface area (Å²) in [5, 5.41) is 2.99. The molecule has 1 saturated carbocycles. The van der Waals surface area contributed by atoms with E-state index < -0.39 is 15.6 Å². The van der Waals surface area contributed by atoms with Gasteiger partial charge in [-0.05, 0) is 43.7 Å². The monoisotopic (exact) mass is 401 g/mol. The van der Waals surface area contributed by atoms with Gasteiger partial charge in [0.15, 0.2) is 0 Å². The van der Waals surface area contributed by atoms with E-state index in [-0.39, 0.29) is 18.3 Å². The van der Waals surface area contributed by atoms with Gasteiger partial charge in [0.25, 0.3) is 0 Å². The number of nitrogens with one attached hydrogen (secondary N) is 1. The Hall–Kier alpha value is -1.15. The summed E-state index contributed by atoms with van der Waals surface area (Å²) in [6, 6.07) is 8.54. The number of hydrogen-bond acceptors (Lipinski definition) is 4. The van der Waals surface area contributed by atoms with Crippen LogP contribution in [0.2, 0.25) is 0 Å². The van der Waals surface area contributed by atoms with Crippen molar-refractivity contribution in [3.63, 3.8) is 0 Å². The number of carbonyl (C=O) groups excluding carboxylic acids is 1. The van der Waals surface area contributed by atoms with Crippen molar-refractivity contribution in [1.29, 1.82) is 0 Å². The number of rotatable bonds is 5. The summed E-state index contributed by atoms with van der Waals surface area (Å²) in [6.45, 7) is 1.56. The van der Waals surface area contributed by atoms with E-state index in [0.29, 0.717) is 30.4 Å². The molecular formula is C18H28ClN3O3S. The Morgan fingerprint density at radius 1 is 1.15 bits per heavy atom. The van der Waals surface area contributed by atoms with Gasteiger partial charge < -0.3 is 11.1 Å². The third-order valence-electron chi connectivity index (χ3n) is 5.45. The molecule has 1 aliphatic heterocycles. The van der Waals surface area contributed by atoms with E-state index in [4.69, 9.17) is 5.73 Å². The summed E-state index contributed by atoms with van der Waals surface area (Å²) < 4.78 is 26.8. The third kappa shape index (κ3) is 4.57. The predicted octanol–water partition coefficient (Wildman–Crippen LogP) is 1.90. The van der Waals surface area contributed by atoms with E-state index >= 15 is 0 Å². The largest absolute Gasteiger partial charge is 0.354 e. The second-order valence-corrected chi connectivity index (χ2v) is 9.17. The summed E-state index contributed by atoms with van der Waals surface area (Å²) >= 11 is 0. The van der Waals surface area contributed by atoms with Crippen LogP contribution in [0.15, 0.2) is 35.2 Å². The number of piperidine rings is 1. The number of hydrogen-bond donors (Lipinski definition) is 2. The zero-order chi connectivity index (χ0) is 17.9. The van der Waals surface area contributed by atoms with Crippen molar-refractivity contribution in [3.05, 3.63) is 30.3 Å². The number of nitrogens with two attached hydrogens (primary N) is 1. The van der Waals surface area contributed by atoms with Crippen LogP contribution < -0.4 is 11.1 Å². The first-order valence-corrected chi connectivity index (χ1v) is 10.5. The van der Waals surface area contributed by atoms with Gasteiger partial charge in [0.05, 0.1) is 10.4 Å². The van der Waals surface area contributed by atoms with Crippen LogP contribution in [0.25, 0.3) is 0 Å². The fourth-order valence-electron chi connectivity index (χ4n) is 3.74. The van der Waals surface area contributed by atoms with E-state index in [1.54, 1.807) is 28.6 Å². The number of benzene rings is 1. The maximum Gasteiger partial charge on any atom is 0.243 e. The van der Waals surface area contributed by atoms with Crippen LogP contribution in [0.1, 0.15) is 38.5 Å². The number of carbonyl (C=O) groups is 1. The van der Waals surface area contributed by atoms with Crippen molar-refractivity contribution in [3.8, 4) is 0 Å². The van der Waals surface area contributed by atoms with E-state index in [1.165, 1.54) is 0 Å². The smallest absolute Gasteiger partial charge is 0.243 e. The summed E-state index contributed by atoms with van der Waals surface area (Å²) in [7, 11) is -3.41. The first-order chi connectivity index (χ1) is 11.9. The van der Waals surface area contributed by atoms with Gasteiger partial charge in [-0.1, -0.05) is 31.0 Å². The lowest BCUT2D eigenvalue weighted by Gasteiger charge is -2.32. The Balaban J connectivity index is 0.00000243.